The van der Waals surface area contributed by atoms with Crippen molar-refractivity contribution in [3.63, 3.8) is 0 Å². The van der Waals surface area contributed by atoms with E-state index in [1.165, 1.54) is 37.6 Å². The SMILES string of the molecule is CCC[CH2][Sn][CH2]CCC.NSc1ccccc1. The van der Waals surface area contributed by atoms with Crippen LogP contribution in [0.25, 0.3) is 0 Å². The van der Waals surface area contributed by atoms with Crippen LogP contribution in [0.3, 0.4) is 0 Å². The zero-order valence-corrected chi connectivity index (χ0v) is 14.8. The van der Waals surface area contributed by atoms with E-state index in [2.05, 4.69) is 13.8 Å². The van der Waals surface area contributed by atoms with E-state index in [1.54, 1.807) is 8.87 Å². The Kier molecular flexibility index (Phi) is 14.7. The maximum Gasteiger partial charge on any atom is 0.0225 e. The Morgan fingerprint density at radius 1 is 1.00 bits per heavy atom. The second-order valence-electron chi connectivity index (χ2n) is 3.89. The van der Waals surface area contributed by atoms with Gasteiger partial charge < -0.3 is 0 Å². The first-order valence-corrected chi connectivity index (χ1v) is 11.4. The largest absolute Gasteiger partial charge is 0.274 e. The molecule has 0 amide bonds. The maximum absolute atomic E-state index is 5.27. The van der Waals surface area contributed by atoms with Gasteiger partial charge in [-0.05, 0) is 24.1 Å². The molecule has 1 rings (SSSR count). The number of unbranched alkanes of at least 4 members (excludes halogenated alkanes) is 2. The van der Waals surface area contributed by atoms with Crippen molar-refractivity contribution in [1.29, 1.82) is 0 Å². The Bertz CT molecular complexity index is 235. The summed E-state index contributed by atoms with van der Waals surface area (Å²) in [4.78, 5) is 1.10. The number of rotatable bonds is 7. The Balaban J connectivity index is 0.000000302. The molecule has 0 aliphatic carbocycles. The average Bonchev–Trinajstić information content (AvgIpc) is 2.40. The van der Waals surface area contributed by atoms with Gasteiger partial charge >= 0.3 is 69.5 Å². The fourth-order valence-corrected chi connectivity index (χ4v) is 5.70. The monoisotopic (exact) mass is 359 g/mol. The molecule has 1 aromatic carbocycles. The van der Waals surface area contributed by atoms with E-state index in [0.717, 1.165) is 4.90 Å². The Morgan fingerprint density at radius 2 is 1.53 bits per heavy atom. The Morgan fingerprint density at radius 3 is 1.88 bits per heavy atom. The molecule has 1 aromatic rings. The summed E-state index contributed by atoms with van der Waals surface area (Å²) in [5.74, 6) is 0. The van der Waals surface area contributed by atoms with Crippen molar-refractivity contribution >= 4 is 33.1 Å². The van der Waals surface area contributed by atoms with Crippen molar-refractivity contribution in [1.82, 2.24) is 0 Å². The molecule has 0 unspecified atom stereocenters. The first kappa shape index (κ1) is 17.3. The van der Waals surface area contributed by atoms with Gasteiger partial charge in [0.25, 0.3) is 0 Å². The second-order valence-corrected chi connectivity index (χ2v) is 8.88. The average molecular weight is 358 g/mol. The van der Waals surface area contributed by atoms with E-state index in [1.807, 2.05) is 30.3 Å². The summed E-state index contributed by atoms with van der Waals surface area (Å²) in [6.45, 7) is 4.58. The predicted octanol–water partition coefficient (Wildman–Crippen LogP) is 4.78. The molecular formula is C14H25NSSn. The summed E-state index contributed by atoms with van der Waals surface area (Å²) >= 11 is 1.42. The predicted molar refractivity (Wildman–Crippen MR) is 81.7 cm³/mol. The maximum atomic E-state index is 5.27. The van der Waals surface area contributed by atoms with Crippen LogP contribution in [-0.2, 0) is 0 Å². The van der Waals surface area contributed by atoms with Crippen LogP contribution >= 0.6 is 11.9 Å². The molecule has 0 saturated carbocycles. The van der Waals surface area contributed by atoms with Crippen LogP contribution in [0.5, 0.6) is 0 Å². The van der Waals surface area contributed by atoms with E-state index >= 15 is 0 Å². The van der Waals surface area contributed by atoms with Crippen molar-refractivity contribution in [3.05, 3.63) is 30.3 Å². The number of benzene rings is 1. The Labute approximate surface area is 121 Å². The van der Waals surface area contributed by atoms with Crippen molar-refractivity contribution in [3.8, 4) is 0 Å². The summed E-state index contributed by atoms with van der Waals surface area (Å²) in [6, 6.07) is 9.86. The van der Waals surface area contributed by atoms with E-state index in [4.69, 9.17) is 5.14 Å². The van der Waals surface area contributed by atoms with E-state index in [0.29, 0.717) is 0 Å². The molecule has 2 N–H and O–H groups in total. The molecule has 0 atom stereocenters. The van der Waals surface area contributed by atoms with Crippen LogP contribution in [0, 0.1) is 0 Å². The van der Waals surface area contributed by atoms with Gasteiger partial charge in [-0.2, -0.15) is 0 Å². The van der Waals surface area contributed by atoms with Crippen LogP contribution in [-0.4, -0.2) is 21.1 Å². The number of hydrogen-bond acceptors (Lipinski definition) is 2. The summed E-state index contributed by atoms with van der Waals surface area (Å²) in [7, 11) is 0. The minimum atomic E-state index is 0.149. The minimum Gasteiger partial charge on any atom is -0.274 e. The standard InChI is InChI=1S/C6H7NS.2C4H9.Sn/c7-8-6-4-2-1-3-5-6;2*1-3-4-2;/h1-5H,7H2;2*1,3-4H2,2H3;. The number of nitrogens with two attached hydrogens (primary N) is 1. The van der Waals surface area contributed by atoms with E-state index in [-0.39, 0.29) is 21.1 Å². The zero-order valence-electron chi connectivity index (χ0n) is 11.1. The fourth-order valence-electron chi connectivity index (χ4n) is 1.23. The molecule has 0 heterocycles. The van der Waals surface area contributed by atoms with Gasteiger partial charge in [0.1, 0.15) is 0 Å². The molecule has 96 valence electrons. The van der Waals surface area contributed by atoms with Gasteiger partial charge in [-0.1, -0.05) is 18.2 Å². The van der Waals surface area contributed by atoms with E-state index < -0.39 is 0 Å². The molecule has 0 spiro atoms. The van der Waals surface area contributed by atoms with Gasteiger partial charge in [0.15, 0.2) is 0 Å². The van der Waals surface area contributed by atoms with Crippen LogP contribution in [0.1, 0.15) is 39.5 Å². The molecule has 17 heavy (non-hydrogen) atoms. The van der Waals surface area contributed by atoms with Crippen LogP contribution in [0.15, 0.2) is 35.2 Å². The summed E-state index contributed by atoms with van der Waals surface area (Å²) in [5.41, 5.74) is 0. The molecule has 0 aliphatic heterocycles. The summed E-state index contributed by atoms with van der Waals surface area (Å²) in [5, 5.41) is 5.27. The minimum absolute atomic E-state index is 0.149. The molecule has 0 fully saturated rings. The molecule has 1 nitrogen and oxygen atoms in total. The second kappa shape index (κ2) is 14.4. The normalized spacial score (nSPS) is 9.59. The first-order chi connectivity index (χ1) is 8.35. The van der Waals surface area contributed by atoms with Gasteiger partial charge in [-0.3, -0.25) is 5.14 Å². The fraction of sp³-hybridized carbons (Fsp3) is 0.571. The molecule has 3 heteroatoms. The Hall–Kier alpha value is 0.329. The first-order valence-electron chi connectivity index (χ1n) is 6.47. The summed E-state index contributed by atoms with van der Waals surface area (Å²) < 4.78 is 3.25. The zero-order chi connectivity index (χ0) is 12.8. The molecule has 0 saturated heterocycles. The van der Waals surface area contributed by atoms with Crippen molar-refractivity contribution in [2.75, 3.05) is 0 Å². The van der Waals surface area contributed by atoms with E-state index in [9.17, 15) is 0 Å². The van der Waals surface area contributed by atoms with Crippen molar-refractivity contribution in [2.45, 2.75) is 53.3 Å². The molecule has 0 aromatic heterocycles. The van der Waals surface area contributed by atoms with Gasteiger partial charge in [-0.25, -0.2) is 0 Å². The molecular weight excluding hydrogens is 333 g/mol. The van der Waals surface area contributed by atoms with Gasteiger partial charge in [0.05, 0.1) is 0 Å². The summed E-state index contributed by atoms with van der Waals surface area (Å²) in [6.07, 6.45) is 5.84. The van der Waals surface area contributed by atoms with Gasteiger partial charge in [-0.15, -0.1) is 0 Å². The van der Waals surface area contributed by atoms with Crippen molar-refractivity contribution < 1.29 is 0 Å². The van der Waals surface area contributed by atoms with Crippen LogP contribution < -0.4 is 5.14 Å². The quantitative estimate of drug-likeness (QED) is 0.431. The third kappa shape index (κ3) is 12.6. The van der Waals surface area contributed by atoms with Gasteiger partial charge in [0, 0.05) is 4.90 Å². The molecule has 2 radical (unpaired) electrons. The van der Waals surface area contributed by atoms with Crippen molar-refractivity contribution in [2.24, 2.45) is 5.14 Å². The third-order valence-corrected chi connectivity index (χ3v) is 6.87. The topological polar surface area (TPSA) is 26.0 Å². The van der Waals surface area contributed by atoms with Gasteiger partial charge in [0.2, 0.25) is 0 Å². The third-order valence-electron chi connectivity index (χ3n) is 2.29. The smallest absolute Gasteiger partial charge is 0.0225 e. The number of hydrogen-bond donors (Lipinski definition) is 1. The van der Waals surface area contributed by atoms with Crippen LogP contribution in [0.4, 0.5) is 0 Å². The molecule has 0 aliphatic rings. The van der Waals surface area contributed by atoms with Crippen LogP contribution in [0.2, 0.25) is 8.87 Å². The molecule has 0 bridgehead atoms.